The zero-order valence-corrected chi connectivity index (χ0v) is 21.2. The quantitative estimate of drug-likeness (QED) is 0.302. The number of carboxylic acids is 3. The van der Waals surface area contributed by atoms with Gasteiger partial charge in [-0.2, -0.15) is 0 Å². The Morgan fingerprint density at radius 2 is 1.32 bits per heavy atom. The van der Waals surface area contributed by atoms with Gasteiger partial charge >= 0.3 is 29.8 Å². The third kappa shape index (κ3) is 7.71. The molecule has 0 spiro atoms. The van der Waals surface area contributed by atoms with Crippen molar-refractivity contribution in [3.63, 3.8) is 0 Å². The number of esters is 2. The highest BCUT2D eigenvalue weighted by Gasteiger charge is 2.49. The molecule has 0 aromatic heterocycles. The van der Waals surface area contributed by atoms with Crippen LogP contribution in [-0.4, -0.2) is 85.5 Å². The zero-order chi connectivity index (χ0) is 28.6. The molecule has 1 saturated heterocycles. The lowest BCUT2D eigenvalue weighted by Crippen LogP contribution is -2.53. The smallest absolute Gasteiger partial charge is 0.338 e. The van der Waals surface area contributed by atoms with Gasteiger partial charge in [0, 0.05) is 25.2 Å². The maximum Gasteiger partial charge on any atom is 0.338 e. The molecule has 0 saturated carbocycles. The SMILES string of the molecule is COC(=O)c1cc(OC)c(O[C@@H]2O[C@@H](COC(C)=O)[C@H](CC(=O)O)[C@H](CC(=O)O)[C@H]2CC(=O)O)c(OC)c1. The van der Waals surface area contributed by atoms with Crippen molar-refractivity contribution in [3.05, 3.63) is 17.7 Å². The molecule has 0 radical (unpaired) electrons. The van der Waals surface area contributed by atoms with Crippen molar-refractivity contribution >= 4 is 29.8 Å². The van der Waals surface area contributed by atoms with E-state index in [1.807, 2.05) is 0 Å². The van der Waals surface area contributed by atoms with Crippen molar-refractivity contribution in [2.45, 2.75) is 38.6 Å². The highest BCUT2D eigenvalue weighted by molar-refractivity contribution is 5.91. The van der Waals surface area contributed by atoms with Gasteiger partial charge in [0.25, 0.3) is 0 Å². The average Bonchev–Trinajstić information content (AvgIpc) is 2.84. The van der Waals surface area contributed by atoms with Crippen LogP contribution in [0.1, 0.15) is 36.5 Å². The van der Waals surface area contributed by atoms with Crippen molar-refractivity contribution < 1.29 is 67.7 Å². The molecule has 1 heterocycles. The van der Waals surface area contributed by atoms with E-state index >= 15 is 0 Å². The van der Waals surface area contributed by atoms with E-state index in [9.17, 15) is 39.3 Å². The Morgan fingerprint density at radius 3 is 1.76 bits per heavy atom. The Morgan fingerprint density at radius 1 is 0.816 bits per heavy atom. The third-order valence-electron chi connectivity index (χ3n) is 6.03. The molecular formula is C24H30O14. The van der Waals surface area contributed by atoms with Crippen LogP contribution in [-0.2, 0) is 33.4 Å². The molecule has 0 bridgehead atoms. The number of methoxy groups -OCH3 is 3. The lowest BCUT2D eigenvalue weighted by molar-refractivity contribution is -0.237. The first-order valence-corrected chi connectivity index (χ1v) is 11.4. The number of benzene rings is 1. The number of carbonyl (C=O) groups excluding carboxylic acids is 2. The summed E-state index contributed by atoms with van der Waals surface area (Å²) in [6.45, 7) is 0.697. The lowest BCUT2D eigenvalue weighted by atomic mass is 9.71. The van der Waals surface area contributed by atoms with Crippen LogP contribution in [0.15, 0.2) is 12.1 Å². The first-order valence-electron chi connectivity index (χ1n) is 11.4. The summed E-state index contributed by atoms with van der Waals surface area (Å²) < 4.78 is 32.4. The van der Waals surface area contributed by atoms with E-state index in [-0.39, 0.29) is 22.8 Å². The Balaban J connectivity index is 2.63. The molecule has 0 unspecified atom stereocenters. The van der Waals surface area contributed by atoms with Gasteiger partial charge in [-0.1, -0.05) is 0 Å². The monoisotopic (exact) mass is 542 g/mol. The van der Waals surface area contributed by atoms with E-state index in [0.29, 0.717) is 0 Å². The molecule has 1 aliphatic heterocycles. The molecule has 1 aromatic rings. The second-order valence-corrected chi connectivity index (χ2v) is 8.45. The van der Waals surface area contributed by atoms with Crippen LogP contribution >= 0.6 is 0 Å². The molecule has 38 heavy (non-hydrogen) atoms. The predicted octanol–water partition coefficient (Wildman–Crippen LogP) is 1.43. The molecule has 3 N–H and O–H groups in total. The van der Waals surface area contributed by atoms with Crippen LogP contribution in [0.4, 0.5) is 0 Å². The van der Waals surface area contributed by atoms with E-state index in [1.54, 1.807) is 0 Å². The summed E-state index contributed by atoms with van der Waals surface area (Å²) in [4.78, 5) is 58.7. The van der Waals surface area contributed by atoms with Gasteiger partial charge in [-0.25, -0.2) is 4.79 Å². The second kappa shape index (κ2) is 13.5. The number of carbonyl (C=O) groups is 5. The number of carboxylic acid groups (broad SMARTS) is 3. The van der Waals surface area contributed by atoms with Gasteiger partial charge in [0.2, 0.25) is 12.0 Å². The third-order valence-corrected chi connectivity index (χ3v) is 6.03. The normalized spacial score (nSPS) is 22.6. The topological polar surface area (TPSA) is 201 Å². The van der Waals surface area contributed by atoms with Gasteiger partial charge in [-0.05, 0) is 18.1 Å². The molecule has 1 fully saturated rings. The molecule has 0 aliphatic carbocycles. The summed E-state index contributed by atoms with van der Waals surface area (Å²) in [6.07, 6.45) is -4.43. The number of rotatable bonds is 13. The second-order valence-electron chi connectivity index (χ2n) is 8.45. The van der Waals surface area contributed by atoms with Gasteiger partial charge in [0.1, 0.15) is 6.61 Å². The summed E-state index contributed by atoms with van der Waals surface area (Å²) in [7, 11) is 3.73. The molecule has 210 valence electrons. The molecule has 14 heteroatoms. The summed E-state index contributed by atoms with van der Waals surface area (Å²) in [6, 6.07) is 2.58. The Kier molecular flexibility index (Phi) is 10.7. The fourth-order valence-electron chi connectivity index (χ4n) is 4.43. The van der Waals surface area contributed by atoms with Gasteiger partial charge in [0.15, 0.2) is 11.5 Å². The van der Waals surface area contributed by atoms with Crippen molar-refractivity contribution in [1.82, 2.24) is 0 Å². The Bertz CT molecular complexity index is 1030. The summed E-state index contributed by atoms with van der Waals surface area (Å²) >= 11 is 0. The van der Waals surface area contributed by atoms with Crippen molar-refractivity contribution in [2.75, 3.05) is 27.9 Å². The van der Waals surface area contributed by atoms with E-state index < -0.39 is 85.9 Å². The van der Waals surface area contributed by atoms with Gasteiger partial charge in [-0.15, -0.1) is 0 Å². The molecule has 5 atom stereocenters. The molecule has 1 aromatic carbocycles. The highest BCUT2D eigenvalue weighted by Crippen LogP contribution is 2.46. The maximum atomic E-state index is 12.1. The van der Waals surface area contributed by atoms with Gasteiger partial charge < -0.3 is 43.7 Å². The van der Waals surface area contributed by atoms with Crippen LogP contribution in [0.2, 0.25) is 0 Å². The van der Waals surface area contributed by atoms with E-state index in [2.05, 4.69) is 0 Å². The maximum absolute atomic E-state index is 12.1. The minimum absolute atomic E-state index is 0.0126. The van der Waals surface area contributed by atoms with E-state index in [0.717, 1.165) is 6.92 Å². The van der Waals surface area contributed by atoms with Crippen molar-refractivity contribution in [3.8, 4) is 17.2 Å². The number of hydrogen-bond acceptors (Lipinski definition) is 11. The molecule has 2 rings (SSSR count). The average molecular weight is 542 g/mol. The minimum Gasteiger partial charge on any atom is -0.493 e. The zero-order valence-electron chi connectivity index (χ0n) is 21.2. The molecule has 0 amide bonds. The van der Waals surface area contributed by atoms with Crippen molar-refractivity contribution in [2.24, 2.45) is 17.8 Å². The first kappa shape index (κ1) is 30.2. The first-order chi connectivity index (χ1) is 17.9. The Hall–Kier alpha value is -4.07. The number of ether oxygens (including phenoxy) is 6. The largest absolute Gasteiger partial charge is 0.493 e. The lowest BCUT2D eigenvalue weighted by Gasteiger charge is -2.45. The summed E-state index contributed by atoms with van der Waals surface area (Å²) in [5.41, 5.74) is 0.0539. The van der Waals surface area contributed by atoms with E-state index in [1.165, 1.54) is 33.5 Å². The van der Waals surface area contributed by atoms with Crippen LogP contribution in [0.5, 0.6) is 17.2 Å². The fourth-order valence-corrected chi connectivity index (χ4v) is 4.43. The predicted molar refractivity (Wildman–Crippen MR) is 124 cm³/mol. The number of hydrogen-bond donors (Lipinski definition) is 3. The fraction of sp³-hybridized carbons (Fsp3) is 0.542. The highest BCUT2D eigenvalue weighted by atomic mass is 16.7. The van der Waals surface area contributed by atoms with Crippen LogP contribution in [0.25, 0.3) is 0 Å². The molecular weight excluding hydrogens is 512 g/mol. The van der Waals surface area contributed by atoms with Crippen molar-refractivity contribution in [1.29, 1.82) is 0 Å². The van der Waals surface area contributed by atoms with Gasteiger partial charge in [-0.3, -0.25) is 19.2 Å². The van der Waals surface area contributed by atoms with Gasteiger partial charge in [0.05, 0.1) is 45.8 Å². The van der Waals surface area contributed by atoms with Crippen LogP contribution in [0, 0.1) is 17.8 Å². The van der Waals surface area contributed by atoms with Crippen LogP contribution < -0.4 is 14.2 Å². The molecule has 14 nitrogen and oxygen atoms in total. The van der Waals surface area contributed by atoms with Crippen LogP contribution in [0.3, 0.4) is 0 Å². The minimum atomic E-state index is -1.46. The summed E-state index contributed by atoms with van der Waals surface area (Å²) in [5.74, 6) is -8.66. The number of aliphatic carboxylic acids is 3. The Labute approximate surface area is 217 Å². The standard InChI is InChI=1S/C24H30O14/c1-11(25)36-10-18-14(8-20(28)29)13(7-19(26)27)15(9-21(30)31)24(37-18)38-22-16(33-2)5-12(23(32)35-4)6-17(22)34-3/h5-6,13-15,18,24H,7-10H2,1-4H3,(H,26,27)(H,28,29)(H,30,31)/t13-,14+,15+,18-,24-/m0/s1. The summed E-state index contributed by atoms with van der Waals surface area (Å²) in [5, 5.41) is 28.6. The van der Waals surface area contributed by atoms with E-state index in [4.69, 9.17) is 28.4 Å². The molecule has 1 aliphatic rings.